The molecule has 2 aromatic rings. The Labute approximate surface area is 173 Å². The van der Waals surface area contributed by atoms with Gasteiger partial charge in [-0.25, -0.2) is 0 Å². The van der Waals surface area contributed by atoms with Gasteiger partial charge in [0.15, 0.2) is 0 Å². The van der Waals surface area contributed by atoms with Crippen LogP contribution in [-0.2, 0) is 16.1 Å². The Kier molecular flexibility index (Phi) is 7.33. The monoisotopic (exact) mass is 428 g/mol. The summed E-state index contributed by atoms with van der Waals surface area (Å²) in [6.45, 7) is 3.07. The van der Waals surface area contributed by atoms with Crippen LogP contribution >= 0.6 is 34.8 Å². The topological polar surface area (TPSA) is 51.7 Å². The molecule has 2 heterocycles. The number of aromatic nitrogens is 1. The van der Waals surface area contributed by atoms with Gasteiger partial charge in [-0.2, -0.15) is 0 Å². The van der Waals surface area contributed by atoms with Crippen LogP contribution in [0.4, 0.5) is 0 Å². The van der Waals surface area contributed by atoms with E-state index in [0.29, 0.717) is 40.9 Å². The smallest absolute Gasteiger partial charge is 0.222 e. The van der Waals surface area contributed by atoms with E-state index in [4.69, 9.17) is 44.3 Å². The molecule has 144 valence electrons. The normalized spacial score (nSPS) is 17.7. The molecule has 0 saturated carbocycles. The first kappa shape index (κ1) is 20.4. The molecule has 0 radical (unpaired) electrons. The molecule has 0 N–H and O–H groups in total. The second-order valence-electron chi connectivity index (χ2n) is 6.20. The SMILES string of the molecule is O=C(Cl)CCN1CCOC(c2ccc(OCc3c(Cl)cncc3Cl)cc2)C1. The van der Waals surface area contributed by atoms with Gasteiger partial charge in [-0.3, -0.25) is 14.7 Å². The number of pyridine rings is 1. The largest absolute Gasteiger partial charge is 0.489 e. The fourth-order valence-electron chi connectivity index (χ4n) is 2.86. The number of nitrogens with zero attached hydrogens (tertiary/aromatic N) is 2. The van der Waals surface area contributed by atoms with Gasteiger partial charge in [0.1, 0.15) is 12.4 Å². The zero-order valence-electron chi connectivity index (χ0n) is 14.5. The van der Waals surface area contributed by atoms with Crippen LogP contribution in [0.2, 0.25) is 10.0 Å². The van der Waals surface area contributed by atoms with E-state index in [1.807, 2.05) is 24.3 Å². The minimum absolute atomic E-state index is 0.0395. The van der Waals surface area contributed by atoms with Crippen molar-refractivity contribution in [2.75, 3.05) is 26.2 Å². The molecule has 1 unspecified atom stereocenters. The number of hydrogen-bond acceptors (Lipinski definition) is 5. The number of rotatable bonds is 7. The fraction of sp³-hybridized carbons (Fsp3) is 0.368. The lowest BCUT2D eigenvalue weighted by molar-refractivity contribution is -0.112. The molecule has 0 amide bonds. The minimum Gasteiger partial charge on any atom is -0.489 e. The van der Waals surface area contributed by atoms with Gasteiger partial charge in [-0.1, -0.05) is 35.3 Å². The number of morpholine rings is 1. The highest BCUT2D eigenvalue weighted by Gasteiger charge is 2.22. The predicted octanol–water partition coefficient (Wildman–Crippen LogP) is 4.50. The van der Waals surface area contributed by atoms with Gasteiger partial charge in [0, 0.05) is 44.0 Å². The summed E-state index contributed by atoms with van der Waals surface area (Å²) in [4.78, 5) is 17.1. The molecule has 5 nitrogen and oxygen atoms in total. The van der Waals surface area contributed by atoms with Gasteiger partial charge >= 0.3 is 0 Å². The predicted molar refractivity (Wildman–Crippen MR) is 106 cm³/mol. The Morgan fingerprint density at radius 2 is 1.93 bits per heavy atom. The number of carbonyl (C=O) groups excluding carboxylic acids is 1. The summed E-state index contributed by atoms with van der Waals surface area (Å²) in [5.74, 6) is 0.711. The quantitative estimate of drug-likeness (QED) is 0.607. The molecule has 0 spiro atoms. The van der Waals surface area contributed by atoms with Crippen LogP contribution in [0.3, 0.4) is 0 Å². The zero-order chi connectivity index (χ0) is 19.2. The molecular weight excluding hydrogens is 411 g/mol. The molecule has 1 atom stereocenters. The molecule has 3 rings (SSSR count). The maximum Gasteiger partial charge on any atom is 0.222 e. The Hall–Kier alpha value is -1.37. The Bertz CT molecular complexity index is 766. The molecule has 1 aromatic heterocycles. The molecule has 1 fully saturated rings. The maximum atomic E-state index is 11.0. The summed E-state index contributed by atoms with van der Waals surface area (Å²) in [5.41, 5.74) is 1.77. The van der Waals surface area contributed by atoms with E-state index in [0.717, 1.165) is 18.7 Å². The number of ether oxygens (including phenoxy) is 2. The summed E-state index contributed by atoms with van der Waals surface area (Å²) >= 11 is 17.6. The lowest BCUT2D eigenvalue weighted by Crippen LogP contribution is -2.39. The summed E-state index contributed by atoms with van der Waals surface area (Å²) in [6.07, 6.45) is 3.39. The highest BCUT2D eigenvalue weighted by molar-refractivity contribution is 6.63. The third kappa shape index (κ3) is 5.80. The average molecular weight is 430 g/mol. The Balaban J connectivity index is 1.57. The first-order valence-corrected chi connectivity index (χ1v) is 9.69. The number of benzene rings is 1. The first-order chi connectivity index (χ1) is 13.0. The summed E-state index contributed by atoms with van der Waals surface area (Å²) in [7, 11) is 0. The van der Waals surface area contributed by atoms with Crippen molar-refractivity contribution in [2.45, 2.75) is 19.1 Å². The number of carbonyl (C=O) groups is 1. The van der Waals surface area contributed by atoms with E-state index in [9.17, 15) is 4.79 Å². The van der Waals surface area contributed by atoms with E-state index in [2.05, 4.69) is 9.88 Å². The van der Waals surface area contributed by atoms with Crippen molar-refractivity contribution < 1.29 is 14.3 Å². The van der Waals surface area contributed by atoms with E-state index in [1.165, 1.54) is 0 Å². The summed E-state index contributed by atoms with van der Waals surface area (Å²) in [6, 6.07) is 7.74. The van der Waals surface area contributed by atoms with Gasteiger partial charge in [0.2, 0.25) is 5.24 Å². The summed E-state index contributed by atoms with van der Waals surface area (Å²) in [5, 5.41) is 0.643. The van der Waals surface area contributed by atoms with Gasteiger partial charge in [0.25, 0.3) is 0 Å². The molecule has 27 heavy (non-hydrogen) atoms. The van der Waals surface area contributed by atoms with E-state index >= 15 is 0 Å². The van der Waals surface area contributed by atoms with Crippen molar-refractivity contribution in [3.8, 4) is 5.75 Å². The van der Waals surface area contributed by atoms with Crippen molar-refractivity contribution >= 4 is 40.0 Å². The molecule has 0 bridgehead atoms. The first-order valence-electron chi connectivity index (χ1n) is 8.56. The van der Waals surface area contributed by atoms with E-state index in [1.54, 1.807) is 12.4 Å². The standard InChI is InChI=1S/C19H19Cl3N2O3/c20-16-9-23-10-17(21)15(16)12-27-14-3-1-13(2-4-14)18-11-24(7-8-26-18)6-5-19(22)25/h1-4,9-10,18H,5-8,11-12H2. The van der Waals surface area contributed by atoms with Crippen LogP contribution in [0.1, 0.15) is 23.7 Å². The minimum atomic E-state index is -0.311. The molecule has 1 aliphatic rings. The molecule has 8 heteroatoms. The van der Waals surface area contributed by atoms with E-state index < -0.39 is 0 Å². The molecular formula is C19H19Cl3N2O3. The van der Waals surface area contributed by atoms with Gasteiger partial charge in [-0.15, -0.1) is 0 Å². The second kappa shape index (κ2) is 9.71. The van der Waals surface area contributed by atoms with Crippen LogP contribution in [0.15, 0.2) is 36.7 Å². The summed E-state index contributed by atoms with van der Waals surface area (Å²) < 4.78 is 11.6. The highest BCUT2D eigenvalue weighted by atomic mass is 35.5. The van der Waals surface area contributed by atoms with Gasteiger partial charge in [-0.05, 0) is 29.3 Å². The third-order valence-corrected chi connectivity index (χ3v) is 5.20. The van der Waals surface area contributed by atoms with Crippen molar-refractivity contribution in [3.05, 3.63) is 57.8 Å². The average Bonchev–Trinajstić information content (AvgIpc) is 2.67. The number of halogens is 3. The maximum absolute atomic E-state index is 11.0. The van der Waals surface area contributed by atoms with Crippen LogP contribution in [0, 0.1) is 0 Å². The van der Waals surface area contributed by atoms with Gasteiger partial charge < -0.3 is 9.47 Å². The third-order valence-electron chi connectivity index (χ3n) is 4.36. The van der Waals surface area contributed by atoms with Crippen LogP contribution in [-0.4, -0.2) is 41.4 Å². The van der Waals surface area contributed by atoms with Gasteiger partial charge in [0.05, 0.1) is 22.8 Å². The van der Waals surface area contributed by atoms with Crippen LogP contribution in [0.5, 0.6) is 5.75 Å². The molecule has 1 aliphatic heterocycles. The lowest BCUT2D eigenvalue weighted by atomic mass is 10.1. The molecule has 0 aliphatic carbocycles. The fourth-order valence-corrected chi connectivity index (χ4v) is 3.42. The van der Waals surface area contributed by atoms with Crippen molar-refractivity contribution in [2.24, 2.45) is 0 Å². The van der Waals surface area contributed by atoms with Crippen LogP contribution in [0.25, 0.3) is 0 Å². The van der Waals surface area contributed by atoms with Crippen molar-refractivity contribution in [1.29, 1.82) is 0 Å². The second-order valence-corrected chi connectivity index (χ2v) is 7.44. The van der Waals surface area contributed by atoms with Crippen molar-refractivity contribution in [1.82, 2.24) is 9.88 Å². The Morgan fingerprint density at radius 1 is 1.22 bits per heavy atom. The Morgan fingerprint density at radius 3 is 2.59 bits per heavy atom. The number of hydrogen-bond donors (Lipinski definition) is 0. The van der Waals surface area contributed by atoms with Crippen LogP contribution < -0.4 is 4.74 Å². The van der Waals surface area contributed by atoms with Crippen molar-refractivity contribution in [3.63, 3.8) is 0 Å². The molecule has 1 aromatic carbocycles. The van der Waals surface area contributed by atoms with E-state index in [-0.39, 0.29) is 18.0 Å². The molecule has 1 saturated heterocycles. The lowest BCUT2D eigenvalue weighted by Gasteiger charge is -2.32. The highest BCUT2D eigenvalue weighted by Crippen LogP contribution is 2.27. The zero-order valence-corrected chi connectivity index (χ0v) is 16.8.